The Morgan fingerprint density at radius 1 is 1.29 bits per heavy atom. The molecular weight excluding hydrogens is 354 g/mol. The van der Waals surface area contributed by atoms with Crippen molar-refractivity contribution in [2.24, 2.45) is 16.5 Å². The minimum atomic E-state index is 0.295. The molecule has 3 atom stereocenters. The first-order chi connectivity index (χ1) is 13.5. The summed E-state index contributed by atoms with van der Waals surface area (Å²) in [4.78, 5) is 20.2. The van der Waals surface area contributed by atoms with Gasteiger partial charge in [0.25, 0.3) is 0 Å². The number of rotatable bonds is 5. The Balaban J connectivity index is 1.59. The van der Waals surface area contributed by atoms with E-state index in [1.807, 2.05) is 6.33 Å². The van der Waals surface area contributed by atoms with E-state index in [1.54, 1.807) is 19.2 Å². The highest BCUT2D eigenvalue weighted by Gasteiger charge is 2.41. The third kappa shape index (κ3) is 3.55. The maximum Gasteiger partial charge on any atom is 0.197 e. The molecular formula is C19H25N9. The number of nitrogens with zero attached hydrogens (tertiary/aromatic N) is 7. The number of aromatic nitrogens is 4. The summed E-state index contributed by atoms with van der Waals surface area (Å²) >= 11 is 0. The van der Waals surface area contributed by atoms with Crippen molar-refractivity contribution in [1.29, 1.82) is 5.26 Å². The van der Waals surface area contributed by atoms with Gasteiger partial charge in [-0.1, -0.05) is 0 Å². The summed E-state index contributed by atoms with van der Waals surface area (Å²) < 4.78 is 2.13. The molecule has 0 aromatic carbocycles. The molecule has 2 bridgehead atoms. The molecule has 2 aromatic rings. The van der Waals surface area contributed by atoms with Crippen molar-refractivity contribution < 1.29 is 0 Å². The first-order valence-electron chi connectivity index (χ1n) is 9.65. The molecule has 0 saturated carbocycles. The Labute approximate surface area is 163 Å². The summed E-state index contributed by atoms with van der Waals surface area (Å²) in [6.07, 6.45) is 10.1. The lowest BCUT2D eigenvalue weighted by Gasteiger charge is -2.39. The lowest BCUT2D eigenvalue weighted by molar-refractivity contribution is 0.110. The number of fused-ring (bicyclic) bond motifs is 3. The molecule has 2 saturated heterocycles. The smallest absolute Gasteiger partial charge is 0.197 e. The molecule has 1 unspecified atom stereocenters. The van der Waals surface area contributed by atoms with Crippen LogP contribution < -0.4 is 11.5 Å². The molecule has 4 rings (SSSR count). The molecule has 9 heteroatoms. The predicted molar refractivity (Wildman–Crippen MR) is 107 cm³/mol. The molecule has 2 fully saturated rings. The van der Waals surface area contributed by atoms with Crippen molar-refractivity contribution in [2.45, 2.75) is 57.2 Å². The molecule has 4 N–H and O–H groups in total. The average Bonchev–Trinajstić information content (AvgIpc) is 3.16. The molecule has 0 aliphatic carbocycles. The average molecular weight is 379 g/mol. The maximum absolute atomic E-state index is 8.91. The van der Waals surface area contributed by atoms with Crippen LogP contribution in [0.4, 0.5) is 5.82 Å². The van der Waals surface area contributed by atoms with Crippen LogP contribution in [0, 0.1) is 11.3 Å². The molecule has 9 nitrogen and oxygen atoms in total. The van der Waals surface area contributed by atoms with E-state index in [0.717, 1.165) is 25.0 Å². The van der Waals surface area contributed by atoms with Gasteiger partial charge in [0.1, 0.15) is 5.84 Å². The largest absolute Gasteiger partial charge is 0.402 e. The first kappa shape index (κ1) is 18.4. The fraction of sp³-hybridized carbons (Fsp3) is 0.526. The van der Waals surface area contributed by atoms with Crippen molar-refractivity contribution in [3.63, 3.8) is 0 Å². The third-order valence-corrected chi connectivity index (χ3v) is 5.63. The third-order valence-electron chi connectivity index (χ3n) is 5.63. The second-order valence-electron chi connectivity index (χ2n) is 7.61. The molecule has 0 spiro atoms. The number of piperidine rings is 1. The molecule has 0 amide bonds. The van der Waals surface area contributed by atoms with E-state index in [1.165, 1.54) is 12.8 Å². The number of nitrogens with two attached hydrogens (primary N) is 2. The number of allylic oxidation sites excluding steroid dienone is 1. The zero-order valence-electron chi connectivity index (χ0n) is 16.0. The molecule has 2 aliphatic rings. The van der Waals surface area contributed by atoms with E-state index in [4.69, 9.17) is 16.7 Å². The molecule has 2 aliphatic heterocycles. The topological polar surface area (TPSA) is 135 Å². The van der Waals surface area contributed by atoms with Crippen molar-refractivity contribution in [2.75, 3.05) is 6.54 Å². The summed E-state index contributed by atoms with van der Waals surface area (Å²) in [5, 5.41) is 8.91. The van der Waals surface area contributed by atoms with Gasteiger partial charge in [-0.2, -0.15) is 5.26 Å². The molecule has 2 aromatic heterocycles. The summed E-state index contributed by atoms with van der Waals surface area (Å²) in [5.74, 6) is 0.738. The van der Waals surface area contributed by atoms with Gasteiger partial charge in [-0.05, 0) is 38.7 Å². The number of amidine groups is 1. The van der Waals surface area contributed by atoms with Crippen LogP contribution in [0.1, 0.15) is 45.1 Å². The SMILES string of the molecule is C/C(N)=C/C(N)=Nc1cnc2ncn(C3C[C@H]4CC[C@@H](C3)N4CCC#N)c2n1. The summed E-state index contributed by atoms with van der Waals surface area (Å²) in [6.45, 7) is 2.62. The zero-order valence-corrected chi connectivity index (χ0v) is 16.0. The van der Waals surface area contributed by atoms with Gasteiger partial charge in [0.2, 0.25) is 0 Å². The lowest BCUT2D eigenvalue weighted by atomic mass is 9.97. The van der Waals surface area contributed by atoms with E-state index < -0.39 is 0 Å². The lowest BCUT2D eigenvalue weighted by Crippen LogP contribution is -2.43. The summed E-state index contributed by atoms with van der Waals surface area (Å²) in [5.41, 5.74) is 13.5. The van der Waals surface area contributed by atoms with Crippen LogP contribution in [0.2, 0.25) is 0 Å². The predicted octanol–water partition coefficient (Wildman–Crippen LogP) is 1.76. The van der Waals surface area contributed by atoms with Gasteiger partial charge in [0, 0.05) is 36.8 Å². The zero-order chi connectivity index (χ0) is 19.7. The van der Waals surface area contributed by atoms with E-state index in [-0.39, 0.29) is 0 Å². The van der Waals surface area contributed by atoms with Gasteiger partial charge < -0.3 is 16.0 Å². The monoisotopic (exact) mass is 379 g/mol. The Bertz CT molecular complexity index is 949. The van der Waals surface area contributed by atoms with Crippen molar-refractivity contribution >= 4 is 22.9 Å². The van der Waals surface area contributed by atoms with E-state index >= 15 is 0 Å². The fourth-order valence-corrected chi connectivity index (χ4v) is 4.54. The second kappa shape index (κ2) is 7.56. The standard InChI is InChI=1S/C19H25N9/c1-12(21)7-16(22)25-17-10-23-18-19(26-17)28(11-24-18)15-8-13-3-4-14(9-15)27(13)6-2-5-20/h7,10-11,13-15H,2-4,6,8-9,21H2,1H3,(H2,22,25,26)/b12-7-/t13-,14+,15?. The van der Waals surface area contributed by atoms with Crippen LogP contribution in [0.5, 0.6) is 0 Å². The summed E-state index contributed by atoms with van der Waals surface area (Å²) in [7, 11) is 0. The van der Waals surface area contributed by atoms with Gasteiger partial charge in [-0.25, -0.2) is 19.9 Å². The van der Waals surface area contributed by atoms with Crippen LogP contribution in [0.3, 0.4) is 0 Å². The van der Waals surface area contributed by atoms with Crippen LogP contribution in [0.15, 0.2) is 29.3 Å². The van der Waals surface area contributed by atoms with Gasteiger partial charge in [-0.15, -0.1) is 0 Å². The van der Waals surface area contributed by atoms with Crippen LogP contribution >= 0.6 is 0 Å². The first-order valence-corrected chi connectivity index (χ1v) is 9.65. The highest BCUT2D eigenvalue weighted by Crippen LogP contribution is 2.41. The van der Waals surface area contributed by atoms with Gasteiger partial charge >= 0.3 is 0 Å². The molecule has 28 heavy (non-hydrogen) atoms. The Kier molecular flexibility index (Phi) is 4.96. The van der Waals surface area contributed by atoms with Crippen molar-refractivity contribution in [1.82, 2.24) is 24.4 Å². The van der Waals surface area contributed by atoms with E-state index in [2.05, 4.69) is 35.5 Å². The van der Waals surface area contributed by atoms with Crippen molar-refractivity contribution in [3.05, 3.63) is 24.3 Å². The number of nitriles is 1. The van der Waals surface area contributed by atoms with Crippen LogP contribution in [-0.4, -0.2) is 48.9 Å². The Morgan fingerprint density at radius 2 is 2.04 bits per heavy atom. The normalized spacial score (nSPS) is 25.9. The van der Waals surface area contributed by atoms with Gasteiger partial charge in [0.05, 0.1) is 18.6 Å². The number of hydrogen-bond donors (Lipinski definition) is 2. The molecule has 4 heterocycles. The molecule has 0 radical (unpaired) electrons. The van der Waals surface area contributed by atoms with Gasteiger partial charge in [0.15, 0.2) is 17.1 Å². The number of aliphatic imine (C=N–C) groups is 1. The van der Waals surface area contributed by atoms with E-state index in [0.29, 0.717) is 47.5 Å². The van der Waals surface area contributed by atoms with Crippen LogP contribution in [-0.2, 0) is 0 Å². The van der Waals surface area contributed by atoms with Crippen LogP contribution in [0.25, 0.3) is 11.3 Å². The summed E-state index contributed by atoms with van der Waals surface area (Å²) in [6, 6.07) is 3.65. The Hall–Kier alpha value is -2.99. The molecule has 146 valence electrons. The maximum atomic E-state index is 8.91. The number of hydrogen-bond acceptors (Lipinski definition) is 7. The Morgan fingerprint density at radius 3 is 2.71 bits per heavy atom. The highest BCUT2D eigenvalue weighted by atomic mass is 15.3. The van der Waals surface area contributed by atoms with Crippen molar-refractivity contribution in [3.8, 4) is 6.07 Å². The minimum Gasteiger partial charge on any atom is -0.402 e. The minimum absolute atomic E-state index is 0.295. The fourth-order valence-electron chi connectivity index (χ4n) is 4.54. The van der Waals surface area contributed by atoms with Gasteiger partial charge in [-0.3, -0.25) is 4.90 Å². The quantitative estimate of drug-likeness (QED) is 0.597. The second-order valence-corrected chi connectivity index (χ2v) is 7.61. The van der Waals surface area contributed by atoms with E-state index in [9.17, 15) is 0 Å². The number of imidazole rings is 1. The highest BCUT2D eigenvalue weighted by molar-refractivity contribution is 5.93.